The number of nitrogens with two attached hydrogens (primary N) is 2. The van der Waals surface area contributed by atoms with E-state index in [9.17, 15) is 9.90 Å². The predicted molar refractivity (Wildman–Crippen MR) is 94.5 cm³/mol. The number of hydrogen-bond acceptors (Lipinski definition) is 6. The number of phenols is 1. The van der Waals surface area contributed by atoms with E-state index >= 15 is 0 Å². The lowest BCUT2D eigenvalue weighted by Gasteiger charge is -2.17. The van der Waals surface area contributed by atoms with Gasteiger partial charge in [-0.2, -0.15) is 0 Å². The van der Waals surface area contributed by atoms with Crippen LogP contribution >= 0.6 is 11.6 Å². The average Bonchev–Trinajstić information content (AvgIpc) is 2.54. The molecule has 8 heteroatoms. The molecule has 0 saturated heterocycles. The summed E-state index contributed by atoms with van der Waals surface area (Å²) in [5.74, 6) is 11.1. The van der Waals surface area contributed by atoms with E-state index in [0.717, 1.165) is 16.3 Å². The number of benzene rings is 2. The molecule has 0 aromatic heterocycles. The van der Waals surface area contributed by atoms with Crippen LogP contribution in [0.5, 0.6) is 11.5 Å². The SMILES string of the molecule is CN(N)C=O.CN(N)c1ccccc1COc1ccc(O)cc1Cl. The first-order valence-electron chi connectivity index (χ1n) is 6.95. The molecule has 0 atom stereocenters. The van der Waals surface area contributed by atoms with Crippen LogP contribution in [0.15, 0.2) is 42.5 Å². The second-order valence-corrected chi connectivity index (χ2v) is 5.32. The van der Waals surface area contributed by atoms with Gasteiger partial charge in [-0.15, -0.1) is 0 Å². The first-order valence-corrected chi connectivity index (χ1v) is 7.33. The molecular formula is C16H21ClN4O3. The van der Waals surface area contributed by atoms with E-state index in [1.165, 1.54) is 24.2 Å². The smallest absolute Gasteiger partial charge is 0.223 e. The Morgan fingerprint density at radius 3 is 2.38 bits per heavy atom. The van der Waals surface area contributed by atoms with Crippen LogP contribution in [0.2, 0.25) is 5.02 Å². The zero-order valence-corrected chi connectivity index (χ0v) is 14.3. The fourth-order valence-corrected chi connectivity index (χ4v) is 1.97. The predicted octanol–water partition coefficient (Wildman–Crippen LogP) is 1.88. The van der Waals surface area contributed by atoms with Gasteiger partial charge in [0.1, 0.15) is 18.1 Å². The molecule has 130 valence electrons. The number of ether oxygens (including phenoxy) is 1. The number of halogens is 1. The van der Waals surface area contributed by atoms with Crippen molar-refractivity contribution in [3.05, 3.63) is 53.1 Å². The third-order valence-corrected chi connectivity index (χ3v) is 3.13. The fraction of sp³-hybridized carbons (Fsp3) is 0.188. The zero-order chi connectivity index (χ0) is 18.1. The summed E-state index contributed by atoms with van der Waals surface area (Å²) in [6.45, 7) is 0.349. The lowest BCUT2D eigenvalue weighted by molar-refractivity contribution is -0.117. The van der Waals surface area contributed by atoms with Crippen molar-refractivity contribution in [2.45, 2.75) is 6.61 Å². The van der Waals surface area contributed by atoms with Gasteiger partial charge in [0.05, 0.1) is 10.7 Å². The number of para-hydroxylation sites is 1. The molecule has 7 nitrogen and oxygen atoms in total. The average molecular weight is 353 g/mol. The van der Waals surface area contributed by atoms with Crippen LogP contribution in [0.1, 0.15) is 5.56 Å². The summed E-state index contributed by atoms with van der Waals surface area (Å²) in [5.41, 5.74) is 1.84. The molecule has 0 radical (unpaired) electrons. The Bertz CT molecular complexity index is 666. The van der Waals surface area contributed by atoms with Crippen molar-refractivity contribution in [1.29, 1.82) is 0 Å². The molecule has 0 spiro atoms. The molecule has 0 aliphatic rings. The van der Waals surface area contributed by atoms with Gasteiger partial charge in [0.2, 0.25) is 6.41 Å². The van der Waals surface area contributed by atoms with E-state index in [2.05, 4.69) is 0 Å². The number of amides is 1. The van der Waals surface area contributed by atoms with Crippen LogP contribution in [0.25, 0.3) is 0 Å². The van der Waals surface area contributed by atoms with Crippen LogP contribution in [0, 0.1) is 0 Å². The second kappa shape index (κ2) is 9.61. The number of rotatable bonds is 5. The summed E-state index contributed by atoms with van der Waals surface area (Å²) >= 11 is 5.98. The number of carbonyl (C=O) groups excluding carboxylic acids is 1. The van der Waals surface area contributed by atoms with Crippen LogP contribution in [0.3, 0.4) is 0 Å². The molecule has 0 saturated carbocycles. The van der Waals surface area contributed by atoms with Gasteiger partial charge >= 0.3 is 0 Å². The largest absolute Gasteiger partial charge is 0.508 e. The van der Waals surface area contributed by atoms with Gasteiger partial charge in [0, 0.05) is 25.7 Å². The van der Waals surface area contributed by atoms with Crippen molar-refractivity contribution in [2.24, 2.45) is 11.7 Å². The number of anilines is 1. The maximum atomic E-state index is 9.31. The molecule has 2 aromatic rings. The first-order chi connectivity index (χ1) is 11.3. The summed E-state index contributed by atoms with van der Waals surface area (Å²) in [6, 6.07) is 12.3. The summed E-state index contributed by atoms with van der Waals surface area (Å²) in [5, 5.41) is 12.1. The minimum Gasteiger partial charge on any atom is -0.508 e. The van der Waals surface area contributed by atoms with Crippen LogP contribution in [0.4, 0.5) is 5.69 Å². The Balaban J connectivity index is 0.000000505. The van der Waals surface area contributed by atoms with E-state index in [1.807, 2.05) is 24.3 Å². The molecule has 1 amide bonds. The van der Waals surface area contributed by atoms with E-state index < -0.39 is 0 Å². The van der Waals surface area contributed by atoms with Crippen molar-refractivity contribution < 1.29 is 14.6 Å². The van der Waals surface area contributed by atoms with Gasteiger partial charge in [-0.25, -0.2) is 11.7 Å². The Morgan fingerprint density at radius 1 is 1.21 bits per heavy atom. The summed E-state index contributed by atoms with van der Waals surface area (Å²) < 4.78 is 5.64. The Hall–Kier alpha value is -2.48. The Labute approximate surface area is 145 Å². The summed E-state index contributed by atoms with van der Waals surface area (Å²) in [6.07, 6.45) is 0.528. The van der Waals surface area contributed by atoms with Gasteiger partial charge in [-0.3, -0.25) is 9.80 Å². The molecule has 24 heavy (non-hydrogen) atoms. The zero-order valence-electron chi connectivity index (χ0n) is 13.5. The highest BCUT2D eigenvalue weighted by Gasteiger charge is 2.07. The molecule has 0 aliphatic heterocycles. The van der Waals surface area contributed by atoms with Crippen molar-refractivity contribution >= 4 is 23.7 Å². The van der Waals surface area contributed by atoms with Gasteiger partial charge < -0.3 is 14.9 Å². The number of hydrogen-bond donors (Lipinski definition) is 3. The second-order valence-electron chi connectivity index (χ2n) is 4.91. The minimum atomic E-state index is 0.111. The molecule has 2 aromatic carbocycles. The standard InChI is InChI=1S/C14H15ClN2O2.C2H6N2O/c1-17(16)13-5-3-2-4-10(13)9-19-14-7-6-11(18)8-12(14)15;1-4(3)2-5/h2-8,18H,9,16H2,1H3;2H,3H2,1H3. The molecule has 0 bridgehead atoms. The van der Waals surface area contributed by atoms with Crippen LogP contribution in [-0.4, -0.2) is 30.6 Å². The molecule has 0 aliphatic carbocycles. The van der Waals surface area contributed by atoms with E-state index in [0.29, 0.717) is 23.8 Å². The Morgan fingerprint density at radius 2 is 1.83 bits per heavy atom. The number of carbonyl (C=O) groups is 1. The lowest BCUT2D eigenvalue weighted by Crippen LogP contribution is -2.26. The van der Waals surface area contributed by atoms with Gasteiger partial charge in [-0.05, 0) is 18.2 Å². The highest BCUT2D eigenvalue weighted by molar-refractivity contribution is 6.32. The molecular weight excluding hydrogens is 332 g/mol. The summed E-state index contributed by atoms with van der Waals surface area (Å²) in [4.78, 5) is 9.31. The number of nitrogens with zero attached hydrogens (tertiary/aromatic N) is 2. The van der Waals surface area contributed by atoms with Crippen molar-refractivity contribution in [2.75, 3.05) is 19.1 Å². The minimum absolute atomic E-state index is 0.111. The molecule has 0 unspecified atom stereocenters. The van der Waals surface area contributed by atoms with Gasteiger partial charge in [0.25, 0.3) is 0 Å². The van der Waals surface area contributed by atoms with E-state index in [4.69, 9.17) is 28.0 Å². The molecule has 0 fully saturated rings. The topological polar surface area (TPSA) is 105 Å². The Kier molecular flexibility index (Phi) is 7.84. The highest BCUT2D eigenvalue weighted by Crippen LogP contribution is 2.29. The van der Waals surface area contributed by atoms with Crippen molar-refractivity contribution in [3.63, 3.8) is 0 Å². The van der Waals surface area contributed by atoms with Crippen LogP contribution in [-0.2, 0) is 11.4 Å². The fourth-order valence-electron chi connectivity index (χ4n) is 1.74. The maximum Gasteiger partial charge on any atom is 0.223 e. The summed E-state index contributed by atoms with van der Waals surface area (Å²) in [7, 11) is 3.24. The molecule has 2 rings (SSSR count). The third-order valence-electron chi connectivity index (χ3n) is 2.84. The molecule has 0 heterocycles. The quantitative estimate of drug-likeness (QED) is 0.328. The lowest BCUT2D eigenvalue weighted by atomic mass is 10.2. The van der Waals surface area contributed by atoms with Gasteiger partial charge in [0.15, 0.2) is 0 Å². The third kappa shape index (κ3) is 6.33. The van der Waals surface area contributed by atoms with E-state index in [-0.39, 0.29) is 5.75 Å². The van der Waals surface area contributed by atoms with Crippen molar-refractivity contribution in [3.8, 4) is 11.5 Å². The highest BCUT2D eigenvalue weighted by atomic mass is 35.5. The number of hydrazine groups is 2. The number of aromatic hydroxyl groups is 1. The van der Waals surface area contributed by atoms with Crippen LogP contribution < -0.4 is 21.4 Å². The number of phenolic OH excluding ortho intramolecular Hbond substituents is 1. The van der Waals surface area contributed by atoms with E-state index in [1.54, 1.807) is 13.1 Å². The van der Waals surface area contributed by atoms with Gasteiger partial charge in [-0.1, -0.05) is 29.8 Å². The molecule has 5 N–H and O–H groups in total. The monoisotopic (exact) mass is 352 g/mol. The first kappa shape index (κ1) is 19.6. The van der Waals surface area contributed by atoms with Crippen molar-refractivity contribution in [1.82, 2.24) is 5.01 Å². The normalized spacial score (nSPS) is 9.54. The maximum absolute atomic E-state index is 9.31.